The molecule has 1 aromatic rings. The summed E-state index contributed by atoms with van der Waals surface area (Å²) >= 11 is 0. The Bertz CT molecular complexity index is 523. The molecule has 0 spiro atoms. The van der Waals surface area contributed by atoms with Crippen molar-refractivity contribution in [2.75, 3.05) is 13.1 Å². The average Bonchev–Trinajstić information content (AvgIpc) is 2.85. The summed E-state index contributed by atoms with van der Waals surface area (Å²) in [6.45, 7) is 12.2. The first-order valence-electron chi connectivity index (χ1n) is 7.48. The summed E-state index contributed by atoms with van der Waals surface area (Å²) < 4.78 is 28.6. The van der Waals surface area contributed by atoms with E-state index in [2.05, 4.69) is 42.8 Å². The molecule has 1 unspecified atom stereocenters. The summed E-state index contributed by atoms with van der Waals surface area (Å²) in [6, 6.07) is 0.406. The molecule has 0 saturated carbocycles. The third kappa shape index (κ3) is 6.15. The second-order valence-electron chi connectivity index (χ2n) is 6.12. The fraction of sp³-hybridized carbons (Fsp3) is 0.786. The smallest absolute Gasteiger partial charge is 0.243 e. The minimum absolute atomic E-state index is 0.225. The second-order valence-corrected chi connectivity index (χ2v) is 7.89. The Hall–Kier alpha value is -0.920. The van der Waals surface area contributed by atoms with Crippen LogP contribution in [0.4, 0.5) is 0 Å². The van der Waals surface area contributed by atoms with E-state index in [-0.39, 0.29) is 4.90 Å². The Kier molecular flexibility index (Phi) is 6.83. The van der Waals surface area contributed by atoms with Gasteiger partial charge in [0, 0.05) is 25.3 Å². The Morgan fingerprint density at radius 2 is 1.90 bits per heavy atom. The number of sulfonamides is 1. The Morgan fingerprint density at radius 1 is 1.24 bits per heavy atom. The van der Waals surface area contributed by atoms with Gasteiger partial charge in [-0.15, -0.1) is 0 Å². The molecule has 0 amide bonds. The zero-order chi connectivity index (χ0) is 16.0. The van der Waals surface area contributed by atoms with Crippen LogP contribution in [0.5, 0.6) is 0 Å². The van der Waals surface area contributed by atoms with Crippen molar-refractivity contribution < 1.29 is 8.42 Å². The number of aromatic nitrogens is 2. The maximum Gasteiger partial charge on any atom is 0.243 e. The molecule has 0 aliphatic rings. The predicted molar refractivity (Wildman–Crippen MR) is 84.6 cm³/mol. The summed E-state index contributed by atoms with van der Waals surface area (Å²) in [4.78, 5) is 0.225. The van der Waals surface area contributed by atoms with Crippen molar-refractivity contribution in [2.45, 2.75) is 52.1 Å². The Balaban J connectivity index is 2.57. The Labute approximate surface area is 128 Å². The summed E-state index contributed by atoms with van der Waals surface area (Å²) in [7, 11) is -3.46. The predicted octanol–water partition coefficient (Wildman–Crippen LogP) is 1.45. The normalized spacial score (nSPS) is 14.0. The van der Waals surface area contributed by atoms with E-state index in [0.29, 0.717) is 31.0 Å². The van der Waals surface area contributed by atoms with Gasteiger partial charge < -0.3 is 5.32 Å². The molecule has 0 fully saturated rings. The largest absolute Gasteiger partial charge is 0.313 e. The molecule has 0 radical (unpaired) electrons. The van der Waals surface area contributed by atoms with Gasteiger partial charge in [0.15, 0.2) is 0 Å². The first-order valence-corrected chi connectivity index (χ1v) is 8.96. The van der Waals surface area contributed by atoms with E-state index in [1.54, 1.807) is 10.9 Å². The van der Waals surface area contributed by atoms with Crippen LogP contribution in [0.3, 0.4) is 0 Å². The van der Waals surface area contributed by atoms with Crippen LogP contribution >= 0.6 is 0 Å². The van der Waals surface area contributed by atoms with Crippen LogP contribution in [-0.2, 0) is 16.6 Å². The second kappa shape index (κ2) is 7.91. The van der Waals surface area contributed by atoms with Crippen LogP contribution in [0, 0.1) is 11.8 Å². The standard InChI is InChI=1S/C14H28N4O2S/c1-11(2)13(5)8-17-21(19,20)14-9-16-18(10-14)7-6-15-12(3)4/h9-13,15,17H,6-8H2,1-5H3. The van der Waals surface area contributed by atoms with Gasteiger partial charge in [0.05, 0.1) is 12.7 Å². The van der Waals surface area contributed by atoms with Gasteiger partial charge in [-0.1, -0.05) is 34.6 Å². The molecular weight excluding hydrogens is 288 g/mol. The van der Waals surface area contributed by atoms with Crippen molar-refractivity contribution in [1.29, 1.82) is 0 Å². The van der Waals surface area contributed by atoms with Crippen LogP contribution in [0.15, 0.2) is 17.3 Å². The van der Waals surface area contributed by atoms with Crippen LogP contribution in [0.2, 0.25) is 0 Å². The molecule has 122 valence electrons. The zero-order valence-corrected chi connectivity index (χ0v) is 14.4. The lowest BCUT2D eigenvalue weighted by atomic mass is 9.99. The lowest BCUT2D eigenvalue weighted by molar-refractivity contribution is 0.414. The van der Waals surface area contributed by atoms with Gasteiger partial charge in [-0.3, -0.25) is 4.68 Å². The molecule has 1 heterocycles. The first-order chi connectivity index (χ1) is 9.72. The van der Waals surface area contributed by atoms with Gasteiger partial charge in [0.25, 0.3) is 0 Å². The molecule has 1 aromatic heterocycles. The van der Waals surface area contributed by atoms with Crippen LogP contribution in [0.25, 0.3) is 0 Å². The summed E-state index contributed by atoms with van der Waals surface area (Å²) in [6.07, 6.45) is 2.97. The molecular formula is C14H28N4O2S. The summed E-state index contributed by atoms with van der Waals surface area (Å²) in [5.74, 6) is 0.739. The maximum atomic E-state index is 12.2. The highest BCUT2D eigenvalue weighted by atomic mass is 32.2. The van der Waals surface area contributed by atoms with Crippen molar-refractivity contribution in [3.63, 3.8) is 0 Å². The SMILES string of the molecule is CC(C)NCCn1cc(S(=O)(=O)NCC(C)C(C)C)cn1. The monoisotopic (exact) mass is 316 g/mol. The highest BCUT2D eigenvalue weighted by Crippen LogP contribution is 2.11. The number of nitrogens with one attached hydrogen (secondary N) is 2. The van der Waals surface area contributed by atoms with E-state index in [9.17, 15) is 8.42 Å². The summed E-state index contributed by atoms with van der Waals surface area (Å²) in [5.41, 5.74) is 0. The van der Waals surface area contributed by atoms with E-state index in [0.717, 1.165) is 6.54 Å². The van der Waals surface area contributed by atoms with Crippen molar-refractivity contribution in [3.8, 4) is 0 Å². The molecule has 0 saturated heterocycles. The van der Waals surface area contributed by atoms with Gasteiger partial charge in [-0.25, -0.2) is 13.1 Å². The molecule has 2 N–H and O–H groups in total. The van der Waals surface area contributed by atoms with Crippen LogP contribution < -0.4 is 10.0 Å². The highest BCUT2D eigenvalue weighted by Gasteiger charge is 2.18. The van der Waals surface area contributed by atoms with Crippen molar-refractivity contribution in [2.24, 2.45) is 11.8 Å². The first kappa shape index (κ1) is 18.1. The number of hydrogen-bond acceptors (Lipinski definition) is 4. The van der Waals surface area contributed by atoms with E-state index < -0.39 is 10.0 Å². The van der Waals surface area contributed by atoms with Gasteiger partial charge >= 0.3 is 0 Å². The summed E-state index contributed by atoms with van der Waals surface area (Å²) in [5, 5.41) is 7.37. The number of hydrogen-bond donors (Lipinski definition) is 2. The third-order valence-corrected chi connectivity index (χ3v) is 4.92. The maximum absolute atomic E-state index is 12.2. The van der Waals surface area contributed by atoms with Crippen LogP contribution in [0.1, 0.15) is 34.6 Å². The number of nitrogens with zero attached hydrogens (tertiary/aromatic N) is 2. The quantitative estimate of drug-likeness (QED) is 0.723. The molecule has 0 bridgehead atoms. The lowest BCUT2D eigenvalue weighted by Gasteiger charge is -2.15. The molecule has 21 heavy (non-hydrogen) atoms. The molecule has 1 atom stereocenters. The molecule has 0 aliphatic heterocycles. The minimum atomic E-state index is -3.46. The van der Waals surface area contributed by atoms with E-state index in [4.69, 9.17) is 0 Å². The molecule has 1 rings (SSSR count). The zero-order valence-electron chi connectivity index (χ0n) is 13.6. The van der Waals surface area contributed by atoms with Gasteiger partial charge in [-0.05, 0) is 11.8 Å². The van der Waals surface area contributed by atoms with E-state index in [1.165, 1.54) is 6.20 Å². The molecule has 7 heteroatoms. The van der Waals surface area contributed by atoms with Gasteiger partial charge in [-0.2, -0.15) is 5.10 Å². The van der Waals surface area contributed by atoms with Crippen molar-refractivity contribution >= 4 is 10.0 Å². The molecule has 6 nitrogen and oxygen atoms in total. The lowest BCUT2D eigenvalue weighted by Crippen LogP contribution is -2.30. The highest BCUT2D eigenvalue weighted by molar-refractivity contribution is 7.89. The fourth-order valence-electron chi connectivity index (χ4n) is 1.63. The minimum Gasteiger partial charge on any atom is -0.313 e. The van der Waals surface area contributed by atoms with E-state index >= 15 is 0 Å². The van der Waals surface area contributed by atoms with Crippen molar-refractivity contribution in [3.05, 3.63) is 12.4 Å². The fourth-order valence-corrected chi connectivity index (χ4v) is 2.73. The third-order valence-electron chi connectivity index (χ3n) is 3.55. The van der Waals surface area contributed by atoms with Crippen molar-refractivity contribution in [1.82, 2.24) is 19.8 Å². The van der Waals surface area contributed by atoms with E-state index in [1.807, 2.05) is 6.92 Å². The van der Waals surface area contributed by atoms with Gasteiger partial charge in [0.2, 0.25) is 10.0 Å². The van der Waals surface area contributed by atoms with Gasteiger partial charge in [0.1, 0.15) is 4.90 Å². The Morgan fingerprint density at radius 3 is 2.48 bits per heavy atom. The topological polar surface area (TPSA) is 76.0 Å². The molecule has 0 aromatic carbocycles. The average molecular weight is 316 g/mol. The molecule has 0 aliphatic carbocycles. The number of rotatable bonds is 9. The van der Waals surface area contributed by atoms with Crippen LogP contribution in [-0.4, -0.2) is 37.3 Å².